The van der Waals surface area contributed by atoms with Crippen molar-refractivity contribution >= 4 is 11.3 Å². The van der Waals surface area contributed by atoms with Gasteiger partial charge in [-0.25, -0.2) is 0 Å². The van der Waals surface area contributed by atoms with E-state index in [9.17, 15) is 0 Å². The predicted octanol–water partition coefficient (Wildman–Crippen LogP) is 4.15. The summed E-state index contributed by atoms with van der Waals surface area (Å²) in [6.07, 6.45) is 1.14. The highest BCUT2D eigenvalue weighted by Crippen LogP contribution is 2.29. The van der Waals surface area contributed by atoms with Crippen LogP contribution in [-0.4, -0.2) is 13.7 Å². The van der Waals surface area contributed by atoms with Gasteiger partial charge >= 0.3 is 0 Å². The van der Waals surface area contributed by atoms with E-state index in [0.717, 1.165) is 18.7 Å². The molecular formula is C16H21NOS. The van der Waals surface area contributed by atoms with E-state index < -0.39 is 0 Å². The molecule has 0 spiro atoms. The summed E-state index contributed by atoms with van der Waals surface area (Å²) in [5, 5.41) is 5.75. The number of ether oxygens (including phenoxy) is 1. The minimum Gasteiger partial charge on any atom is -0.496 e. The van der Waals surface area contributed by atoms with Gasteiger partial charge in [0.15, 0.2) is 0 Å². The molecule has 0 aliphatic rings. The molecule has 0 aliphatic carbocycles. The zero-order chi connectivity index (χ0) is 13.7. The topological polar surface area (TPSA) is 21.3 Å². The van der Waals surface area contributed by atoms with E-state index in [1.54, 1.807) is 18.4 Å². The molecular weight excluding hydrogens is 254 g/mol. The normalized spacial score (nSPS) is 12.4. The van der Waals surface area contributed by atoms with E-state index >= 15 is 0 Å². The number of hydrogen-bond acceptors (Lipinski definition) is 3. The summed E-state index contributed by atoms with van der Waals surface area (Å²) in [5.41, 5.74) is 2.48. The number of nitrogens with one attached hydrogen (secondary N) is 1. The lowest BCUT2D eigenvalue weighted by Gasteiger charge is -2.19. The van der Waals surface area contributed by atoms with E-state index in [1.807, 2.05) is 0 Å². The molecule has 2 rings (SSSR count). The highest BCUT2D eigenvalue weighted by molar-refractivity contribution is 7.10. The number of thiophene rings is 1. The van der Waals surface area contributed by atoms with E-state index in [4.69, 9.17) is 4.74 Å². The van der Waals surface area contributed by atoms with Gasteiger partial charge in [0, 0.05) is 4.88 Å². The number of hydrogen-bond donors (Lipinski definition) is 1. The molecule has 1 unspecified atom stereocenters. The number of methoxy groups -OCH3 is 1. The molecule has 1 N–H and O–H groups in total. The van der Waals surface area contributed by atoms with Crippen LogP contribution < -0.4 is 10.1 Å². The van der Waals surface area contributed by atoms with Crippen molar-refractivity contribution in [3.8, 4) is 5.75 Å². The van der Waals surface area contributed by atoms with Crippen LogP contribution in [0.25, 0.3) is 0 Å². The van der Waals surface area contributed by atoms with E-state index in [-0.39, 0.29) is 6.04 Å². The first-order valence-electron chi connectivity index (χ1n) is 6.67. The first kappa shape index (κ1) is 14.1. The maximum absolute atomic E-state index is 5.33. The van der Waals surface area contributed by atoms with E-state index in [2.05, 4.69) is 54.9 Å². The highest BCUT2D eigenvalue weighted by atomic mass is 32.1. The van der Waals surface area contributed by atoms with Crippen LogP contribution in [0, 0.1) is 6.92 Å². The summed E-state index contributed by atoms with van der Waals surface area (Å²) in [7, 11) is 1.72. The van der Waals surface area contributed by atoms with Gasteiger partial charge in [0.2, 0.25) is 0 Å². The Balaban J connectivity index is 2.30. The summed E-state index contributed by atoms with van der Waals surface area (Å²) >= 11 is 1.80. The third kappa shape index (κ3) is 3.37. The van der Waals surface area contributed by atoms with Crippen LogP contribution in [0.15, 0.2) is 35.7 Å². The smallest absolute Gasteiger partial charge is 0.121 e. The van der Waals surface area contributed by atoms with Crippen molar-refractivity contribution in [2.75, 3.05) is 13.7 Å². The largest absolute Gasteiger partial charge is 0.496 e. The van der Waals surface area contributed by atoms with E-state index in [1.165, 1.54) is 16.0 Å². The lowest BCUT2D eigenvalue weighted by Crippen LogP contribution is -2.22. The summed E-state index contributed by atoms with van der Waals surface area (Å²) in [6.45, 7) is 5.30. The second kappa shape index (κ2) is 6.73. The minimum absolute atomic E-state index is 0.282. The summed E-state index contributed by atoms with van der Waals surface area (Å²) in [4.78, 5) is 1.36. The quantitative estimate of drug-likeness (QED) is 0.855. The van der Waals surface area contributed by atoms with Crippen molar-refractivity contribution in [3.05, 3.63) is 51.7 Å². The fourth-order valence-corrected chi connectivity index (χ4v) is 3.04. The Hall–Kier alpha value is -1.32. The van der Waals surface area contributed by atoms with Gasteiger partial charge in [0.25, 0.3) is 0 Å². The Labute approximate surface area is 119 Å². The second-order valence-electron chi connectivity index (χ2n) is 4.63. The second-order valence-corrected chi connectivity index (χ2v) is 5.61. The van der Waals surface area contributed by atoms with Crippen LogP contribution in [0.5, 0.6) is 5.75 Å². The van der Waals surface area contributed by atoms with Gasteiger partial charge in [-0.15, -0.1) is 11.3 Å². The molecule has 2 aromatic rings. The lowest BCUT2D eigenvalue weighted by molar-refractivity contribution is 0.411. The van der Waals surface area contributed by atoms with Crippen LogP contribution in [0.1, 0.15) is 35.4 Å². The zero-order valence-corrected chi connectivity index (χ0v) is 12.6. The van der Waals surface area contributed by atoms with Gasteiger partial charge in [0.05, 0.1) is 13.2 Å². The maximum Gasteiger partial charge on any atom is 0.121 e. The van der Waals surface area contributed by atoms with Crippen molar-refractivity contribution in [3.63, 3.8) is 0 Å². The number of rotatable bonds is 6. The minimum atomic E-state index is 0.282. The summed E-state index contributed by atoms with van der Waals surface area (Å²) in [5.74, 6) is 0.948. The first-order valence-corrected chi connectivity index (χ1v) is 7.55. The molecule has 0 amide bonds. The van der Waals surface area contributed by atoms with Crippen molar-refractivity contribution in [1.82, 2.24) is 5.32 Å². The Morgan fingerprint density at radius 3 is 2.74 bits per heavy atom. The molecule has 2 nitrogen and oxygen atoms in total. The molecule has 0 bridgehead atoms. The van der Waals surface area contributed by atoms with E-state index in [0.29, 0.717) is 0 Å². The molecule has 1 aromatic carbocycles. The molecule has 1 atom stereocenters. The third-order valence-electron chi connectivity index (χ3n) is 3.18. The SMILES string of the molecule is CCCNC(c1ccc(OC)c(C)c1)c1cccs1. The molecule has 1 aromatic heterocycles. The predicted molar refractivity (Wildman–Crippen MR) is 82.2 cm³/mol. The molecule has 0 saturated heterocycles. The summed E-state index contributed by atoms with van der Waals surface area (Å²) in [6, 6.07) is 11.0. The lowest BCUT2D eigenvalue weighted by atomic mass is 10.0. The molecule has 1 heterocycles. The molecule has 3 heteroatoms. The summed E-state index contributed by atoms with van der Waals surface area (Å²) < 4.78 is 5.33. The number of benzene rings is 1. The standard InChI is InChI=1S/C16H21NOS/c1-4-9-17-16(15-6-5-10-19-15)13-7-8-14(18-3)12(2)11-13/h5-8,10-11,16-17H,4,9H2,1-3H3. The van der Waals surface area contributed by atoms with Gasteiger partial charge < -0.3 is 10.1 Å². The monoisotopic (exact) mass is 275 g/mol. The number of aryl methyl sites for hydroxylation is 1. The van der Waals surface area contributed by atoms with Crippen molar-refractivity contribution in [2.45, 2.75) is 26.3 Å². The third-order valence-corrected chi connectivity index (χ3v) is 4.12. The van der Waals surface area contributed by atoms with Crippen molar-refractivity contribution in [2.24, 2.45) is 0 Å². The van der Waals surface area contributed by atoms with Crippen LogP contribution in [0.3, 0.4) is 0 Å². The van der Waals surface area contributed by atoms with Gasteiger partial charge in [0.1, 0.15) is 5.75 Å². The maximum atomic E-state index is 5.33. The molecule has 0 aliphatic heterocycles. The highest BCUT2D eigenvalue weighted by Gasteiger charge is 2.15. The average Bonchev–Trinajstić information content (AvgIpc) is 2.93. The van der Waals surface area contributed by atoms with Gasteiger partial charge in [-0.3, -0.25) is 0 Å². The fraction of sp³-hybridized carbons (Fsp3) is 0.375. The Kier molecular flexibility index (Phi) is 5.00. The van der Waals surface area contributed by atoms with Crippen LogP contribution in [0.2, 0.25) is 0 Å². The fourth-order valence-electron chi connectivity index (χ4n) is 2.21. The molecule has 0 radical (unpaired) electrons. The van der Waals surface area contributed by atoms with Crippen LogP contribution in [-0.2, 0) is 0 Å². The van der Waals surface area contributed by atoms with Gasteiger partial charge in [-0.05, 0) is 48.5 Å². The van der Waals surface area contributed by atoms with Crippen molar-refractivity contribution < 1.29 is 4.74 Å². The first-order chi connectivity index (χ1) is 9.26. The Morgan fingerprint density at radius 1 is 1.32 bits per heavy atom. The Bertz CT molecular complexity index is 507. The van der Waals surface area contributed by atoms with Crippen molar-refractivity contribution in [1.29, 1.82) is 0 Å². The molecule has 102 valence electrons. The molecule has 0 saturated carbocycles. The van der Waals surface area contributed by atoms with Gasteiger partial charge in [-0.1, -0.05) is 25.1 Å². The Morgan fingerprint density at radius 2 is 2.16 bits per heavy atom. The zero-order valence-electron chi connectivity index (χ0n) is 11.8. The van der Waals surface area contributed by atoms with Gasteiger partial charge in [-0.2, -0.15) is 0 Å². The van der Waals surface area contributed by atoms with Crippen LogP contribution in [0.4, 0.5) is 0 Å². The molecule has 19 heavy (non-hydrogen) atoms. The molecule has 0 fully saturated rings. The average molecular weight is 275 g/mol. The van der Waals surface area contributed by atoms with Crippen LogP contribution >= 0.6 is 11.3 Å².